The third kappa shape index (κ3) is 4.22. The standard InChI is InChI=1S/C23H29ClN2O2/c1-7-10-11-19-15(5)26(28)16(6)20(21(19)24)23(27)25-22-17(8-2)12-14(4)13-18(22)9-3/h7,10,12-13H,8-9,11H2,1-6H3,(H,25,27). The zero-order chi connectivity index (χ0) is 21.0. The number of halogens is 1. The van der Waals surface area contributed by atoms with Gasteiger partial charge in [0.25, 0.3) is 5.91 Å². The summed E-state index contributed by atoms with van der Waals surface area (Å²) in [5, 5.41) is 16.0. The smallest absolute Gasteiger partial charge is 0.263 e. The van der Waals surface area contributed by atoms with Gasteiger partial charge in [-0.15, -0.1) is 0 Å². The zero-order valence-corrected chi connectivity index (χ0v) is 18.3. The van der Waals surface area contributed by atoms with Crippen LogP contribution in [0.1, 0.15) is 64.8 Å². The van der Waals surface area contributed by atoms with E-state index in [0.717, 1.165) is 34.4 Å². The van der Waals surface area contributed by atoms with Gasteiger partial charge in [0.2, 0.25) is 5.69 Å². The minimum atomic E-state index is -0.345. The molecule has 1 aromatic carbocycles. The van der Waals surface area contributed by atoms with Gasteiger partial charge < -0.3 is 10.5 Å². The third-order valence-electron chi connectivity index (χ3n) is 5.12. The molecule has 0 unspecified atom stereocenters. The first-order valence-electron chi connectivity index (χ1n) is 9.72. The van der Waals surface area contributed by atoms with Crippen molar-refractivity contribution in [3.63, 3.8) is 0 Å². The molecule has 1 heterocycles. The molecular formula is C23H29ClN2O2. The Morgan fingerprint density at radius 1 is 1.14 bits per heavy atom. The van der Waals surface area contributed by atoms with Crippen LogP contribution < -0.4 is 10.0 Å². The van der Waals surface area contributed by atoms with Gasteiger partial charge in [-0.3, -0.25) is 4.79 Å². The molecule has 1 aromatic heterocycles. The van der Waals surface area contributed by atoms with Crippen LogP contribution in [-0.2, 0) is 19.3 Å². The molecule has 5 heteroatoms. The fraction of sp³-hybridized carbons (Fsp3) is 0.391. The molecule has 0 radical (unpaired) electrons. The highest BCUT2D eigenvalue weighted by Crippen LogP contribution is 2.29. The van der Waals surface area contributed by atoms with Gasteiger partial charge in [0.1, 0.15) is 5.56 Å². The highest BCUT2D eigenvalue weighted by Gasteiger charge is 2.27. The van der Waals surface area contributed by atoms with Crippen LogP contribution in [0.4, 0.5) is 5.69 Å². The summed E-state index contributed by atoms with van der Waals surface area (Å²) in [6, 6.07) is 4.17. The van der Waals surface area contributed by atoms with Gasteiger partial charge in [0.15, 0.2) is 5.69 Å². The van der Waals surface area contributed by atoms with E-state index < -0.39 is 0 Å². The van der Waals surface area contributed by atoms with Gasteiger partial charge in [-0.25, -0.2) is 0 Å². The lowest BCUT2D eigenvalue weighted by molar-refractivity contribution is -0.619. The maximum atomic E-state index is 13.2. The average molecular weight is 401 g/mol. The number of benzene rings is 1. The maximum absolute atomic E-state index is 13.2. The molecule has 0 saturated heterocycles. The van der Waals surface area contributed by atoms with Gasteiger partial charge in [0, 0.05) is 25.1 Å². The van der Waals surface area contributed by atoms with Crippen molar-refractivity contribution in [1.82, 2.24) is 0 Å². The molecule has 1 amide bonds. The lowest BCUT2D eigenvalue weighted by Crippen LogP contribution is -2.38. The number of nitrogens with zero attached hydrogens (tertiary/aromatic N) is 1. The lowest BCUT2D eigenvalue weighted by atomic mass is 9.99. The molecule has 1 N–H and O–H groups in total. The Hall–Kier alpha value is -2.33. The first kappa shape index (κ1) is 22.0. The molecule has 0 aliphatic carbocycles. The first-order chi connectivity index (χ1) is 13.3. The number of rotatable bonds is 6. The number of hydrogen-bond acceptors (Lipinski definition) is 2. The summed E-state index contributed by atoms with van der Waals surface area (Å²) in [6.45, 7) is 11.5. The summed E-state index contributed by atoms with van der Waals surface area (Å²) in [6.07, 6.45) is 5.94. The second kappa shape index (κ2) is 9.24. The van der Waals surface area contributed by atoms with Gasteiger partial charge in [-0.1, -0.05) is 55.3 Å². The molecule has 0 atom stereocenters. The van der Waals surface area contributed by atoms with E-state index in [1.807, 2.05) is 19.1 Å². The second-order valence-electron chi connectivity index (χ2n) is 7.03. The van der Waals surface area contributed by atoms with Crippen molar-refractivity contribution in [2.45, 2.75) is 60.8 Å². The first-order valence-corrected chi connectivity index (χ1v) is 10.1. The number of allylic oxidation sites excluding steroid dienone is 2. The van der Waals surface area contributed by atoms with Crippen LogP contribution in [0.25, 0.3) is 0 Å². The predicted octanol–water partition coefficient (Wildman–Crippen LogP) is 5.39. The summed E-state index contributed by atoms with van der Waals surface area (Å²) >= 11 is 6.61. The number of carbonyl (C=O) groups is 1. The van der Waals surface area contributed by atoms with E-state index in [-0.39, 0.29) is 11.5 Å². The van der Waals surface area contributed by atoms with E-state index in [2.05, 4.69) is 38.2 Å². The Bertz CT molecular complexity index is 908. The van der Waals surface area contributed by atoms with E-state index in [4.69, 9.17) is 11.6 Å². The maximum Gasteiger partial charge on any atom is 0.263 e. The highest BCUT2D eigenvalue weighted by atomic mass is 35.5. The molecular weight excluding hydrogens is 372 g/mol. The number of amides is 1. The number of hydrogen-bond donors (Lipinski definition) is 1. The average Bonchev–Trinajstić information content (AvgIpc) is 2.67. The minimum Gasteiger partial charge on any atom is -0.618 e. The molecule has 0 aliphatic rings. The molecule has 0 saturated carbocycles. The van der Waals surface area contributed by atoms with Crippen molar-refractivity contribution >= 4 is 23.2 Å². The number of carbonyl (C=O) groups excluding carboxylic acids is 1. The molecule has 0 spiro atoms. The van der Waals surface area contributed by atoms with Crippen LogP contribution in [0.2, 0.25) is 5.02 Å². The van der Waals surface area contributed by atoms with Gasteiger partial charge >= 0.3 is 0 Å². The van der Waals surface area contributed by atoms with Crippen molar-refractivity contribution in [3.8, 4) is 0 Å². The van der Waals surface area contributed by atoms with Crippen molar-refractivity contribution in [2.75, 3.05) is 5.32 Å². The van der Waals surface area contributed by atoms with Gasteiger partial charge in [-0.05, 0) is 44.2 Å². The largest absolute Gasteiger partial charge is 0.618 e. The molecule has 2 aromatic rings. The van der Waals surface area contributed by atoms with Crippen LogP contribution in [0.15, 0.2) is 24.3 Å². The molecule has 0 bridgehead atoms. The Kier molecular flexibility index (Phi) is 7.25. The normalized spacial score (nSPS) is 11.2. The monoisotopic (exact) mass is 400 g/mol. The molecule has 150 valence electrons. The quantitative estimate of drug-likeness (QED) is 0.401. The summed E-state index contributed by atoms with van der Waals surface area (Å²) < 4.78 is 0.802. The van der Waals surface area contributed by atoms with Crippen LogP contribution in [-0.4, -0.2) is 5.91 Å². The topological polar surface area (TPSA) is 56.0 Å². The predicted molar refractivity (Wildman–Crippen MR) is 116 cm³/mol. The van der Waals surface area contributed by atoms with Gasteiger partial charge in [0.05, 0.1) is 5.02 Å². The Balaban J connectivity index is 2.58. The summed E-state index contributed by atoms with van der Waals surface area (Å²) in [5.41, 5.74) is 5.91. The summed E-state index contributed by atoms with van der Waals surface area (Å²) in [7, 11) is 0. The SMILES string of the molecule is CC=CCc1c(Cl)c(C(=O)Nc2c(CC)cc(C)cc2CC)c(C)[n+]([O-])c1C. The van der Waals surface area contributed by atoms with E-state index in [9.17, 15) is 10.0 Å². The lowest BCUT2D eigenvalue weighted by Gasteiger charge is -2.18. The van der Waals surface area contributed by atoms with Crippen LogP contribution in [0.3, 0.4) is 0 Å². The van der Waals surface area contributed by atoms with E-state index >= 15 is 0 Å². The fourth-order valence-corrected chi connectivity index (χ4v) is 3.95. The number of anilines is 1. The summed E-state index contributed by atoms with van der Waals surface area (Å²) in [5.74, 6) is -0.345. The van der Waals surface area contributed by atoms with Crippen molar-refractivity contribution in [1.29, 1.82) is 0 Å². The molecule has 2 rings (SSSR count). The Morgan fingerprint density at radius 2 is 1.71 bits per heavy atom. The van der Waals surface area contributed by atoms with Crippen molar-refractivity contribution < 1.29 is 9.52 Å². The number of aryl methyl sites for hydroxylation is 3. The third-order valence-corrected chi connectivity index (χ3v) is 5.54. The Morgan fingerprint density at radius 3 is 2.21 bits per heavy atom. The van der Waals surface area contributed by atoms with Crippen LogP contribution in [0.5, 0.6) is 0 Å². The van der Waals surface area contributed by atoms with Crippen molar-refractivity contribution in [3.05, 3.63) is 73.7 Å². The number of nitrogens with one attached hydrogen (secondary N) is 1. The molecule has 4 nitrogen and oxygen atoms in total. The molecule has 28 heavy (non-hydrogen) atoms. The zero-order valence-electron chi connectivity index (χ0n) is 17.6. The Labute approximate surface area is 172 Å². The van der Waals surface area contributed by atoms with E-state index in [0.29, 0.717) is 28.4 Å². The van der Waals surface area contributed by atoms with Crippen LogP contribution in [0, 0.1) is 26.0 Å². The second-order valence-corrected chi connectivity index (χ2v) is 7.40. The van der Waals surface area contributed by atoms with Crippen LogP contribution >= 0.6 is 11.6 Å². The fourth-order valence-electron chi connectivity index (χ4n) is 3.52. The van der Waals surface area contributed by atoms with E-state index in [1.165, 1.54) is 5.56 Å². The number of pyridine rings is 1. The van der Waals surface area contributed by atoms with E-state index in [1.54, 1.807) is 13.8 Å². The summed E-state index contributed by atoms with van der Waals surface area (Å²) in [4.78, 5) is 13.2. The number of aromatic nitrogens is 1. The minimum absolute atomic E-state index is 0.242. The molecule has 0 aliphatic heterocycles. The highest BCUT2D eigenvalue weighted by molar-refractivity contribution is 6.35. The molecule has 0 fully saturated rings. The van der Waals surface area contributed by atoms with Gasteiger partial charge in [-0.2, -0.15) is 4.73 Å². The van der Waals surface area contributed by atoms with Crippen molar-refractivity contribution in [2.24, 2.45) is 0 Å².